The zero-order valence-corrected chi connectivity index (χ0v) is 14.6. The summed E-state index contributed by atoms with van der Waals surface area (Å²) in [6.07, 6.45) is 4.79. The number of nitrogens with zero attached hydrogens (tertiary/aromatic N) is 2. The van der Waals surface area contributed by atoms with Crippen LogP contribution >= 0.6 is 11.6 Å². The number of hydrogen-bond acceptors (Lipinski definition) is 2. The first-order chi connectivity index (χ1) is 9.70. The largest absolute Gasteiger partial charge is 0.299 e. The lowest BCUT2D eigenvalue weighted by Gasteiger charge is -2.36. The van der Waals surface area contributed by atoms with E-state index in [-0.39, 0.29) is 5.92 Å². The van der Waals surface area contributed by atoms with Gasteiger partial charge in [-0.2, -0.15) is 5.10 Å². The predicted molar refractivity (Wildman–Crippen MR) is 86.6 cm³/mol. The first kappa shape index (κ1) is 16.5. The van der Waals surface area contributed by atoms with E-state index in [2.05, 4.69) is 25.9 Å². The molecule has 0 aromatic carbocycles. The van der Waals surface area contributed by atoms with E-state index < -0.39 is 0 Å². The number of carbonyl (C=O) groups excluding carboxylic acids is 1. The van der Waals surface area contributed by atoms with Crippen molar-refractivity contribution in [1.29, 1.82) is 0 Å². The maximum absolute atomic E-state index is 12.5. The molecule has 1 saturated carbocycles. The van der Waals surface area contributed by atoms with Gasteiger partial charge in [-0.25, -0.2) is 0 Å². The highest BCUT2D eigenvalue weighted by Crippen LogP contribution is 2.40. The summed E-state index contributed by atoms with van der Waals surface area (Å²) in [6.45, 7) is 8.79. The van der Waals surface area contributed by atoms with E-state index in [0.29, 0.717) is 22.6 Å². The van der Waals surface area contributed by atoms with Crippen molar-refractivity contribution in [1.82, 2.24) is 9.78 Å². The number of aromatic nitrogens is 2. The fraction of sp³-hybridized carbons (Fsp3) is 0.765. The van der Waals surface area contributed by atoms with E-state index in [4.69, 9.17) is 11.6 Å². The highest BCUT2D eigenvalue weighted by Gasteiger charge is 2.32. The van der Waals surface area contributed by atoms with Crippen LogP contribution in [-0.4, -0.2) is 15.6 Å². The molecule has 0 bridgehead atoms. The van der Waals surface area contributed by atoms with Crippen LogP contribution in [0.1, 0.15) is 57.8 Å². The molecule has 118 valence electrons. The SMILES string of the molecule is Cc1nn(C)c(CC(=O)C2CCC(C(C)(C)C)CC2)c1Cl. The Morgan fingerprint density at radius 1 is 1.29 bits per heavy atom. The van der Waals surface area contributed by atoms with Crippen LogP contribution in [-0.2, 0) is 18.3 Å². The Kier molecular flexibility index (Phi) is 4.82. The summed E-state index contributed by atoms with van der Waals surface area (Å²) in [6, 6.07) is 0. The summed E-state index contributed by atoms with van der Waals surface area (Å²) in [7, 11) is 1.86. The minimum absolute atomic E-state index is 0.204. The van der Waals surface area contributed by atoms with Gasteiger partial charge in [0.25, 0.3) is 0 Å². The van der Waals surface area contributed by atoms with Gasteiger partial charge in [0.1, 0.15) is 5.78 Å². The smallest absolute Gasteiger partial charge is 0.141 e. The number of halogens is 1. The van der Waals surface area contributed by atoms with Gasteiger partial charge in [0.15, 0.2) is 0 Å². The molecule has 0 spiro atoms. The quantitative estimate of drug-likeness (QED) is 0.832. The van der Waals surface area contributed by atoms with Crippen LogP contribution in [0, 0.1) is 24.2 Å². The minimum Gasteiger partial charge on any atom is -0.299 e. The molecular formula is C17H27ClN2O. The van der Waals surface area contributed by atoms with Crippen LogP contribution in [0.3, 0.4) is 0 Å². The third kappa shape index (κ3) is 3.68. The fourth-order valence-electron chi connectivity index (χ4n) is 3.46. The van der Waals surface area contributed by atoms with Crippen molar-refractivity contribution >= 4 is 17.4 Å². The highest BCUT2D eigenvalue weighted by atomic mass is 35.5. The van der Waals surface area contributed by atoms with Crippen molar-refractivity contribution in [3.05, 3.63) is 16.4 Å². The van der Waals surface area contributed by atoms with Crippen LogP contribution in [0.25, 0.3) is 0 Å². The van der Waals surface area contributed by atoms with Gasteiger partial charge in [0, 0.05) is 13.0 Å². The van der Waals surface area contributed by atoms with E-state index in [0.717, 1.165) is 43.0 Å². The molecule has 1 aliphatic carbocycles. The Morgan fingerprint density at radius 3 is 2.29 bits per heavy atom. The Hall–Kier alpha value is -0.830. The van der Waals surface area contributed by atoms with Gasteiger partial charge in [-0.3, -0.25) is 9.48 Å². The molecule has 1 aliphatic rings. The van der Waals surface area contributed by atoms with Gasteiger partial charge in [-0.1, -0.05) is 32.4 Å². The van der Waals surface area contributed by atoms with E-state index >= 15 is 0 Å². The molecule has 4 heteroatoms. The zero-order valence-electron chi connectivity index (χ0n) is 13.9. The molecule has 2 rings (SSSR count). The second kappa shape index (κ2) is 6.12. The van der Waals surface area contributed by atoms with Crippen molar-refractivity contribution in [2.45, 2.75) is 59.8 Å². The fourth-order valence-corrected chi connectivity index (χ4v) is 3.69. The summed E-state index contributed by atoms with van der Waals surface area (Å²) in [5, 5.41) is 4.93. The summed E-state index contributed by atoms with van der Waals surface area (Å²) in [5.74, 6) is 1.27. The van der Waals surface area contributed by atoms with Crippen LogP contribution in [0.5, 0.6) is 0 Å². The molecule has 0 amide bonds. The number of ketones is 1. The van der Waals surface area contributed by atoms with Crippen molar-refractivity contribution in [3.8, 4) is 0 Å². The van der Waals surface area contributed by atoms with Gasteiger partial charge >= 0.3 is 0 Å². The molecule has 0 aliphatic heterocycles. The van der Waals surface area contributed by atoms with Crippen LogP contribution in [0.15, 0.2) is 0 Å². The highest BCUT2D eigenvalue weighted by molar-refractivity contribution is 6.32. The molecule has 1 heterocycles. The summed E-state index contributed by atoms with van der Waals surface area (Å²) in [5.41, 5.74) is 2.02. The number of carbonyl (C=O) groups is 1. The molecule has 21 heavy (non-hydrogen) atoms. The molecule has 0 N–H and O–H groups in total. The second-order valence-corrected chi connectivity index (χ2v) is 7.91. The third-order valence-corrected chi connectivity index (χ3v) is 5.50. The van der Waals surface area contributed by atoms with Crippen molar-refractivity contribution in [3.63, 3.8) is 0 Å². The lowest BCUT2D eigenvalue weighted by Crippen LogP contribution is -2.29. The molecule has 0 atom stereocenters. The van der Waals surface area contributed by atoms with E-state index in [1.165, 1.54) is 0 Å². The van der Waals surface area contributed by atoms with Crippen molar-refractivity contribution < 1.29 is 4.79 Å². The number of hydrogen-bond donors (Lipinski definition) is 0. The number of aryl methyl sites for hydroxylation is 2. The van der Waals surface area contributed by atoms with E-state index in [1.54, 1.807) is 4.68 Å². The first-order valence-electron chi connectivity index (χ1n) is 7.90. The van der Waals surface area contributed by atoms with Crippen LogP contribution in [0.4, 0.5) is 0 Å². The number of Topliss-reactive ketones (excluding diaryl/α,β-unsaturated/α-hetero) is 1. The van der Waals surface area contributed by atoms with Gasteiger partial charge in [0.05, 0.1) is 22.8 Å². The summed E-state index contributed by atoms with van der Waals surface area (Å²) < 4.78 is 1.75. The van der Waals surface area contributed by atoms with Crippen molar-refractivity contribution in [2.75, 3.05) is 0 Å². The van der Waals surface area contributed by atoms with Crippen LogP contribution in [0.2, 0.25) is 5.02 Å². The molecular weight excluding hydrogens is 284 g/mol. The maximum Gasteiger partial charge on any atom is 0.141 e. The monoisotopic (exact) mass is 310 g/mol. The maximum atomic E-state index is 12.5. The van der Waals surface area contributed by atoms with Crippen LogP contribution < -0.4 is 0 Å². The molecule has 1 aromatic rings. The normalized spacial score (nSPS) is 23.3. The molecule has 0 saturated heterocycles. The lowest BCUT2D eigenvalue weighted by atomic mass is 9.69. The molecule has 1 fully saturated rings. The average molecular weight is 311 g/mol. The standard InChI is InChI=1S/C17H27ClN2O/c1-11-16(18)14(20(5)19-11)10-15(21)12-6-8-13(9-7-12)17(2,3)4/h12-13H,6-10H2,1-5H3. The average Bonchev–Trinajstić information content (AvgIpc) is 2.64. The number of rotatable bonds is 3. The van der Waals surface area contributed by atoms with E-state index in [1.807, 2.05) is 14.0 Å². The van der Waals surface area contributed by atoms with Crippen molar-refractivity contribution in [2.24, 2.45) is 24.3 Å². The third-order valence-electron chi connectivity index (χ3n) is 5.01. The predicted octanol–water partition coefficient (Wildman–Crippen LogP) is 4.35. The Bertz CT molecular complexity index is 520. The topological polar surface area (TPSA) is 34.9 Å². The van der Waals surface area contributed by atoms with Gasteiger partial charge in [-0.15, -0.1) is 0 Å². The van der Waals surface area contributed by atoms with Gasteiger partial charge < -0.3 is 0 Å². The summed E-state index contributed by atoms with van der Waals surface area (Å²) in [4.78, 5) is 12.5. The van der Waals surface area contributed by atoms with Gasteiger partial charge in [-0.05, 0) is 43.9 Å². The minimum atomic E-state index is 0.204. The molecule has 1 aromatic heterocycles. The summed E-state index contributed by atoms with van der Waals surface area (Å²) >= 11 is 6.24. The Labute approximate surface area is 133 Å². The van der Waals surface area contributed by atoms with E-state index in [9.17, 15) is 4.79 Å². The van der Waals surface area contributed by atoms with Gasteiger partial charge in [0.2, 0.25) is 0 Å². The second-order valence-electron chi connectivity index (χ2n) is 7.53. The first-order valence-corrected chi connectivity index (χ1v) is 8.28. The lowest BCUT2D eigenvalue weighted by molar-refractivity contribution is -0.123. The molecule has 0 unspecified atom stereocenters. The molecule has 3 nitrogen and oxygen atoms in total. The Balaban J connectivity index is 1.97. The zero-order chi connectivity index (χ0) is 15.8. The Morgan fingerprint density at radius 2 is 1.86 bits per heavy atom. The molecule has 0 radical (unpaired) electrons.